The van der Waals surface area contributed by atoms with Gasteiger partial charge in [-0.05, 0) is 52.8 Å². The first-order valence-electron chi connectivity index (χ1n) is 9.79. The number of allylic oxidation sites excluding steroid dienone is 4. The zero-order valence-corrected chi connectivity index (χ0v) is 17.2. The van der Waals surface area contributed by atoms with E-state index in [1.807, 2.05) is 0 Å². The Kier molecular flexibility index (Phi) is 3.34. The van der Waals surface area contributed by atoms with Crippen molar-refractivity contribution in [1.29, 1.82) is 0 Å². The van der Waals surface area contributed by atoms with Gasteiger partial charge in [0, 0.05) is 15.6 Å². The van der Waals surface area contributed by atoms with Crippen molar-refractivity contribution in [2.24, 2.45) is 5.92 Å². The fourth-order valence-corrected chi connectivity index (χ4v) is 5.92. The Morgan fingerprint density at radius 3 is 2.21 bits per heavy atom. The Labute approximate surface area is 173 Å². The minimum atomic E-state index is -0.323. The minimum absolute atomic E-state index is 0.323. The molecule has 1 spiro atoms. The number of halogens is 1. The topological polar surface area (TPSA) is 9.23 Å². The van der Waals surface area contributed by atoms with Crippen LogP contribution in [-0.4, -0.2) is 0 Å². The third-order valence-corrected chi connectivity index (χ3v) is 7.03. The van der Waals surface area contributed by atoms with Gasteiger partial charge in [-0.2, -0.15) is 0 Å². The Morgan fingerprint density at radius 2 is 1.50 bits per heavy atom. The van der Waals surface area contributed by atoms with Crippen LogP contribution in [-0.2, 0) is 5.41 Å². The molecule has 3 aromatic carbocycles. The van der Waals surface area contributed by atoms with Crippen molar-refractivity contribution < 1.29 is 4.74 Å². The van der Waals surface area contributed by atoms with E-state index >= 15 is 0 Å². The van der Waals surface area contributed by atoms with Gasteiger partial charge in [-0.1, -0.05) is 83.5 Å². The summed E-state index contributed by atoms with van der Waals surface area (Å²) in [6, 6.07) is 23.7. The van der Waals surface area contributed by atoms with E-state index in [0.717, 1.165) is 17.9 Å². The van der Waals surface area contributed by atoms with Gasteiger partial charge in [-0.15, -0.1) is 0 Å². The van der Waals surface area contributed by atoms with Crippen LogP contribution in [0.15, 0.2) is 88.9 Å². The molecular weight excluding hydrogens is 408 g/mol. The van der Waals surface area contributed by atoms with Crippen molar-refractivity contribution in [3.8, 4) is 11.5 Å². The fourth-order valence-electron chi connectivity index (χ4n) is 5.31. The first-order valence-corrected chi connectivity index (χ1v) is 10.6. The highest BCUT2D eigenvalue weighted by molar-refractivity contribution is 9.10. The van der Waals surface area contributed by atoms with E-state index < -0.39 is 0 Å². The second kappa shape index (κ2) is 5.71. The van der Waals surface area contributed by atoms with Crippen LogP contribution in [0.2, 0.25) is 0 Å². The summed E-state index contributed by atoms with van der Waals surface area (Å²) >= 11 is 3.87. The zero-order valence-electron chi connectivity index (χ0n) is 15.6. The number of hydrogen-bond acceptors (Lipinski definition) is 1. The lowest BCUT2D eigenvalue weighted by molar-refractivity contribution is 0.435. The molecule has 1 nitrogen and oxygen atoms in total. The van der Waals surface area contributed by atoms with Crippen molar-refractivity contribution in [1.82, 2.24) is 0 Å². The molecule has 28 heavy (non-hydrogen) atoms. The van der Waals surface area contributed by atoms with E-state index in [2.05, 4.69) is 102 Å². The molecule has 0 N–H and O–H groups in total. The smallest absolute Gasteiger partial charge is 0.132 e. The standard InChI is InChI=1S/C26H19BrO/c1-16-13-14-18-17(15-16)25-21(9-6-10-22(25)27)26(18)19-7-2-4-11-23(19)28-24-12-5-3-8-20(24)26/h2-14,16H,15H2,1H3. The summed E-state index contributed by atoms with van der Waals surface area (Å²) in [5, 5.41) is 0. The van der Waals surface area contributed by atoms with Crippen molar-refractivity contribution in [2.45, 2.75) is 18.8 Å². The Balaban J connectivity index is 1.82. The lowest BCUT2D eigenvalue weighted by Crippen LogP contribution is -2.33. The van der Waals surface area contributed by atoms with E-state index in [1.165, 1.54) is 37.9 Å². The van der Waals surface area contributed by atoms with Crippen LogP contribution in [0.3, 0.4) is 0 Å². The summed E-state index contributed by atoms with van der Waals surface area (Å²) in [6.45, 7) is 2.30. The highest BCUT2D eigenvalue weighted by Crippen LogP contribution is 2.63. The third kappa shape index (κ3) is 1.91. The maximum atomic E-state index is 6.35. The molecule has 3 aliphatic rings. The quantitative estimate of drug-likeness (QED) is 0.367. The SMILES string of the molecule is CC1C=CC2=C(C1)c1c(Br)cccc1C21c2ccccc2Oc2ccccc21. The van der Waals surface area contributed by atoms with Crippen molar-refractivity contribution in [3.63, 3.8) is 0 Å². The summed E-state index contributed by atoms with van der Waals surface area (Å²) in [5.41, 5.74) is 7.72. The first kappa shape index (κ1) is 16.4. The second-order valence-corrected chi connectivity index (χ2v) is 8.79. The molecule has 1 heterocycles. The molecule has 1 atom stereocenters. The molecule has 0 radical (unpaired) electrons. The third-order valence-electron chi connectivity index (χ3n) is 6.37. The predicted molar refractivity (Wildman–Crippen MR) is 117 cm³/mol. The van der Waals surface area contributed by atoms with Gasteiger partial charge in [0.1, 0.15) is 11.5 Å². The monoisotopic (exact) mass is 426 g/mol. The molecule has 0 saturated carbocycles. The molecule has 0 fully saturated rings. The largest absolute Gasteiger partial charge is 0.457 e. The molecule has 3 aromatic rings. The van der Waals surface area contributed by atoms with Gasteiger partial charge in [0.15, 0.2) is 0 Å². The van der Waals surface area contributed by atoms with Gasteiger partial charge in [0.05, 0.1) is 5.41 Å². The van der Waals surface area contributed by atoms with E-state index in [4.69, 9.17) is 4.74 Å². The Hall–Kier alpha value is -2.58. The maximum absolute atomic E-state index is 6.35. The second-order valence-electron chi connectivity index (χ2n) is 7.94. The van der Waals surface area contributed by atoms with E-state index in [9.17, 15) is 0 Å². The molecule has 0 bridgehead atoms. The van der Waals surface area contributed by atoms with Crippen LogP contribution >= 0.6 is 15.9 Å². The van der Waals surface area contributed by atoms with Gasteiger partial charge in [-0.3, -0.25) is 0 Å². The molecule has 2 heteroatoms. The Morgan fingerprint density at radius 1 is 0.857 bits per heavy atom. The van der Waals surface area contributed by atoms with Crippen LogP contribution < -0.4 is 4.74 Å². The number of para-hydroxylation sites is 2. The van der Waals surface area contributed by atoms with Gasteiger partial charge in [-0.25, -0.2) is 0 Å². The summed E-state index contributed by atoms with van der Waals surface area (Å²) in [6.07, 6.45) is 5.80. The first-order chi connectivity index (χ1) is 13.7. The molecule has 2 aliphatic carbocycles. The number of rotatable bonds is 0. The number of hydrogen-bond donors (Lipinski definition) is 0. The van der Waals surface area contributed by atoms with Gasteiger partial charge in [0.2, 0.25) is 0 Å². The molecule has 1 aliphatic heterocycles. The number of benzene rings is 3. The van der Waals surface area contributed by atoms with Crippen LogP contribution in [0, 0.1) is 5.92 Å². The summed E-state index contributed by atoms with van der Waals surface area (Å²) in [7, 11) is 0. The normalized spacial score (nSPS) is 20.3. The van der Waals surface area contributed by atoms with Crippen LogP contribution in [0.4, 0.5) is 0 Å². The van der Waals surface area contributed by atoms with E-state index in [0.29, 0.717) is 5.92 Å². The van der Waals surface area contributed by atoms with Crippen molar-refractivity contribution in [3.05, 3.63) is 111 Å². The molecule has 6 rings (SSSR count). The highest BCUT2D eigenvalue weighted by atomic mass is 79.9. The predicted octanol–water partition coefficient (Wildman–Crippen LogP) is 7.25. The molecule has 1 unspecified atom stereocenters. The van der Waals surface area contributed by atoms with Gasteiger partial charge >= 0.3 is 0 Å². The minimum Gasteiger partial charge on any atom is -0.457 e. The number of fused-ring (bicyclic) bond motifs is 8. The molecular formula is C26H19BrO. The fraction of sp³-hybridized carbons (Fsp3) is 0.154. The summed E-state index contributed by atoms with van der Waals surface area (Å²) in [5.74, 6) is 2.44. The molecule has 136 valence electrons. The molecule has 0 amide bonds. The lowest BCUT2D eigenvalue weighted by atomic mass is 9.64. The zero-order chi connectivity index (χ0) is 18.9. The van der Waals surface area contributed by atoms with Crippen LogP contribution in [0.5, 0.6) is 11.5 Å². The maximum Gasteiger partial charge on any atom is 0.132 e. The average Bonchev–Trinajstić information content (AvgIpc) is 3.00. The van der Waals surface area contributed by atoms with Crippen molar-refractivity contribution >= 4 is 21.5 Å². The highest BCUT2D eigenvalue weighted by Gasteiger charge is 2.52. The Bertz CT molecular complexity index is 1160. The van der Waals surface area contributed by atoms with E-state index in [1.54, 1.807) is 0 Å². The summed E-state index contributed by atoms with van der Waals surface area (Å²) in [4.78, 5) is 0. The summed E-state index contributed by atoms with van der Waals surface area (Å²) < 4.78 is 7.53. The van der Waals surface area contributed by atoms with Crippen LogP contribution in [0.1, 0.15) is 35.6 Å². The lowest BCUT2D eigenvalue weighted by Gasteiger charge is -2.40. The van der Waals surface area contributed by atoms with Crippen molar-refractivity contribution in [2.75, 3.05) is 0 Å². The van der Waals surface area contributed by atoms with Crippen LogP contribution in [0.25, 0.3) is 5.57 Å². The van der Waals surface area contributed by atoms with Gasteiger partial charge in [0.25, 0.3) is 0 Å². The van der Waals surface area contributed by atoms with E-state index in [-0.39, 0.29) is 5.41 Å². The molecule has 0 aromatic heterocycles. The average molecular weight is 427 g/mol. The molecule has 0 saturated heterocycles. The van der Waals surface area contributed by atoms with Gasteiger partial charge < -0.3 is 4.74 Å². The number of ether oxygens (including phenoxy) is 1.